The average Bonchev–Trinajstić information content (AvgIpc) is 2.75. The van der Waals surface area contributed by atoms with Crippen molar-refractivity contribution >= 4 is 11.8 Å². The molecule has 2 rings (SSSR count). The highest BCUT2D eigenvalue weighted by molar-refractivity contribution is 5.95. The molecular formula is C23H34N2O3. The Bertz CT molecular complexity index is 664. The van der Waals surface area contributed by atoms with Crippen LogP contribution in [0.4, 0.5) is 0 Å². The molecule has 1 aromatic rings. The molecule has 1 aliphatic carbocycles. The van der Waals surface area contributed by atoms with Gasteiger partial charge in [-0.05, 0) is 24.0 Å². The first-order chi connectivity index (χ1) is 13.6. The minimum absolute atomic E-state index is 0.127. The first-order valence-corrected chi connectivity index (χ1v) is 10.5. The van der Waals surface area contributed by atoms with Crippen molar-refractivity contribution < 1.29 is 14.3 Å². The topological polar surface area (TPSA) is 67.4 Å². The zero-order valence-corrected chi connectivity index (χ0v) is 17.3. The first-order valence-electron chi connectivity index (χ1n) is 10.5. The second-order valence-electron chi connectivity index (χ2n) is 7.48. The predicted molar refractivity (Wildman–Crippen MR) is 112 cm³/mol. The number of ketones is 1. The summed E-state index contributed by atoms with van der Waals surface area (Å²) in [6, 6.07) is 7.64. The Morgan fingerprint density at radius 3 is 2.71 bits per heavy atom. The molecule has 1 aliphatic rings. The van der Waals surface area contributed by atoms with Crippen molar-refractivity contribution in [1.82, 2.24) is 10.6 Å². The summed E-state index contributed by atoms with van der Waals surface area (Å²) in [5, 5.41) is 6.27. The molecule has 0 aromatic heterocycles. The van der Waals surface area contributed by atoms with Gasteiger partial charge in [0.2, 0.25) is 0 Å². The lowest BCUT2D eigenvalue weighted by Gasteiger charge is -2.20. The highest BCUT2D eigenvalue weighted by Crippen LogP contribution is 2.27. The van der Waals surface area contributed by atoms with E-state index in [1.165, 1.54) is 32.1 Å². The summed E-state index contributed by atoms with van der Waals surface area (Å²) in [6.45, 7) is 2.71. The standard InChI is InChI=1S/C23H34N2O3/c1-3-22(26)20-11-7-10-19(14-20)15-25-16-21(24-2)17-28-23(27)13-12-18-8-5-4-6-9-18/h7,10-11,14,16,18,24-25H,3-6,8-9,12-13,15,17H2,1-2H3/b21-16-. The Morgan fingerprint density at radius 1 is 1.21 bits per heavy atom. The van der Waals surface area contributed by atoms with Crippen LogP contribution in [0.25, 0.3) is 0 Å². The zero-order valence-electron chi connectivity index (χ0n) is 17.3. The quantitative estimate of drug-likeness (QED) is 0.438. The van der Waals surface area contributed by atoms with Crippen LogP contribution in [0.2, 0.25) is 0 Å². The van der Waals surface area contributed by atoms with E-state index in [0.717, 1.165) is 23.2 Å². The van der Waals surface area contributed by atoms with Crippen molar-refractivity contribution in [1.29, 1.82) is 0 Å². The van der Waals surface area contributed by atoms with Gasteiger partial charge in [-0.2, -0.15) is 0 Å². The van der Waals surface area contributed by atoms with E-state index in [1.54, 1.807) is 0 Å². The van der Waals surface area contributed by atoms with Crippen molar-refractivity contribution in [3.8, 4) is 0 Å². The number of carbonyl (C=O) groups is 2. The highest BCUT2D eigenvalue weighted by Gasteiger charge is 2.15. The number of esters is 1. The minimum atomic E-state index is -0.127. The molecule has 0 saturated heterocycles. The maximum absolute atomic E-state index is 12.0. The van der Waals surface area contributed by atoms with E-state index in [9.17, 15) is 9.59 Å². The molecule has 0 radical (unpaired) electrons. The smallest absolute Gasteiger partial charge is 0.306 e. The zero-order chi connectivity index (χ0) is 20.2. The number of rotatable bonds is 11. The van der Waals surface area contributed by atoms with Crippen LogP contribution in [0.3, 0.4) is 0 Å². The minimum Gasteiger partial charge on any atom is -0.459 e. The van der Waals surface area contributed by atoms with Crippen molar-refractivity contribution in [2.75, 3.05) is 13.7 Å². The van der Waals surface area contributed by atoms with Gasteiger partial charge in [0.25, 0.3) is 0 Å². The predicted octanol–water partition coefficient (Wildman–Crippen LogP) is 4.33. The molecule has 0 amide bonds. The fraction of sp³-hybridized carbons (Fsp3) is 0.565. The second kappa shape index (κ2) is 12.2. The molecule has 0 atom stereocenters. The summed E-state index contributed by atoms with van der Waals surface area (Å²) in [5.74, 6) is 0.712. The summed E-state index contributed by atoms with van der Waals surface area (Å²) >= 11 is 0. The molecule has 1 saturated carbocycles. The number of carbonyl (C=O) groups excluding carboxylic acids is 2. The van der Waals surface area contributed by atoms with Gasteiger partial charge >= 0.3 is 5.97 Å². The number of hydrogen-bond acceptors (Lipinski definition) is 5. The largest absolute Gasteiger partial charge is 0.459 e. The van der Waals surface area contributed by atoms with Gasteiger partial charge in [0.15, 0.2) is 5.78 Å². The lowest BCUT2D eigenvalue weighted by Crippen LogP contribution is -2.19. The highest BCUT2D eigenvalue weighted by atomic mass is 16.5. The Morgan fingerprint density at radius 2 is 2.00 bits per heavy atom. The third kappa shape index (κ3) is 7.75. The molecule has 28 heavy (non-hydrogen) atoms. The number of nitrogens with one attached hydrogen (secondary N) is 2. The molecule has 0 aliphatic heterocycles. The summed E-state index contributed by atoms with van der Waals surface area (Å²) in [4.78, 5) is 23.8. The number of Topliss-reactive ketones (excluding diaryl/α,β-unsaturated/α-hetero) is 1. The van der Waals surface area contributed by atoms with Crippen molar-refractivity contribution in [2.24, 2.45) is 5.92 Å². The fourth-order valence-corrected chi connectivity index (χ4v) is 3.57. The maximum Gasteiger partial charge on any atom is 0.306 e. The van der Waals surface area contributed by atoms with Gasteiger partial charge in [0.1, 0.15) is 6.61 Å². The Kier molecular flexibility index (Phi) is 9.60. The summed E-state index contributed by atoms with van der Waals surface area (Å²) < 4.78 is 5.40. The number of ether oxygens (including phenoxy) is 1. The van der Waals surface area contributed by atoms with Gasteiger partial charge in [-0.3, -0.25) is 9.59 Å². The van der Waals surface area contributed by atoms with Gasteiger partial charge in [0.05, 0.1) is 5.70 Å². The number of benzene rings is 1. The number of hydrogen-bond donors (Lipinski definition) is 2. The molecule has 5 heteroatoms. The molecule has 5 nitrogen and oxygen atoms in total. The second-order valence-corrected chi connectivity index (χ2v) is 7.48. The van der Waals surface area contributed by atoms with E-state index in [4.69, 9.17) is 4.74 Å². The molecule has 0 unspecified atom stereocenters. The lowest BCUT2D eigenvalue weighted by atomic mass is 9.86. The van der Waals surface area contributed by atoms with Crippen LogP contribution in [0.15, 0.2) is 36.2 Å². The molecule has 0 spiro atoms. The van der Waals surface area contributed by atoms with E-state index in [-0.39, 0.29) is 18.4 Å². The van der Waals surface area contributed by atoms with Crippen LogP contribution in [-0.4, -0.2) is 25.4 Å². The van der Waals surface area contributed by atoms with E-state index < -0.39 is 0 Å². The Balaban J connectivity index is 1.72. The summed E-state index contributed by atoms with van der Waals surface area (Å²) in [7, 11) is 1.81. The van der Waals surface area contributed by atoms with Gasteiger partial charge in [-0.25, -0.2) is 0 Å². The van der Waals surface area contributed by atoms with Crippen molar-refractivity contribution in [3.05, 3.63) is 47.3 Å². The van der Waals surface area contributed by atoms with Gasteiger partial charge < -0.3 is 15.4 Å². The SMILES string of the molecule is CCC(=O)c1cccc(CN/C=C(/COC(=O)CCC2CCCCC2)NC)c1. The van der Waals surface area contributed by atoms with Crippen molar-refractivity contribution in [2.45, 2.75) is 64.8 Å². The summed E-state index contributed by atoms with van der Waals surface area (Å²) in [6.07, 6.45) is 10.2. The molecule has 1 fully saturated rings. The van der Waals surface area contributed by atoms with Crippen LogP contribution in [0, 0.1) is 5.92 Å². The Labute approximate surface area is 168 Å². The van der Waals surface area contributed by atoms with Crippen LogP contribution in [0.1, 0.15) is 74.2 Å². The molecule has 1 aromatic carbocycles. The van der Waals surface area contributed by atoms with Crippen LogP contribution in [0.5, 0.6) is 0 Å². The fourth-order valence-electron chi connectivity index (χ4n) is 3.57. The third-order valence-electron chi connectivity index (χ3n) is 5.34. The first kappa shape index (κ1) is 22.0. The van der Waals surface area contributed by atoms with E-state index in [2.05, 4.69) is 10.6 Å². The van der Waals surface area contributed by atoms with E-state index in [1.807, 2.05) is 44.4 Å². The maximum atomic E-state index is 12.0. The average molecular weight is 387 g/mol. The van der Waals surface area contributed by atoms with Crippen molar-refractivity contribution in [3.63, 3.8) is 0 Å². The molecule has 2 N–H and O–H groups in total. The number of likely N-dealkylation sites (N-methyl/N-ethyl adjacent to an activating group) is 1. The normalized spacial score (nSPS) is 15.1. The lowest BCUT2D eigenvalue weighted by molar-refractivity contribution is -0.143. The van der Waals surface area contributed by atoms with Gasteiger partial charge in [-0.15, -0.1) is 0 Å². The van der Waals surface area contributed by atoms with E-state index in [0.29, 0.717) is 25.3 Å². The molecule has 154 valence electrons. The van der Waals surface area contributed by atoms with Crippen LogP contribution >= 0.6 is 0 Å². The van der Waals surface area contributed by atoms with Gasteiger partial charge in [-0.1, -0.05) is 57.2 Å². The molecular weight excluding hydrogens is 352 g/mol. The Hall–Kier alpha value is -2.30. The van der Waals surface area contributed by atoms with Crippen LogP contribution in [-0.2, 0) is 16.1 Å². The van der Waals surface area contributed by atoms with Crippen LogP contribution < -0.4 is 10.6 Å². The molecule has 0 bridgehead atoms. The molecule has 0 heterocycles. The van der Waals surface area contributed by atoms with E-state index >= 15 is 0 Å². The monoisotopic (exact) mass is 386 g/mol. The third-order valence-corrected chi connectivity index (χ3v) is 5.34. The van der Waals surface area contributed by atoms with Gasteiger partial charge in [0, 0.05) is 38.2 Å². The summed E-state index contributed by atoms with van der Waals surface area (Å²) in [5.41, 5.74) is 2.59.